The molecule has 0 aliphatic heterocycles. The van der Waals surface area contributed by atoms with E-state index >= 15 is 0 Å². The van der Waals surface area contributed by atoms with Crippen molar-refractivity contribution in [2.45, 2.75) is 19.9 Å². The molecule has 0 unspecified atom stereocenters. The molecule has 0 aliphatic carbocycles. The van der Waals surface area contributed by atoms with E-state index in [-0.39, 0.29) is 16.5 Å². The zero-order chi connectivity index (χ0) is 14.7. The summed E-state index contributed by atoms with van der Waals surface area (Å²) in [4.78, 5) is 16.6. The molecule has 2 rings (SSSR count). The molecule has 0 aliphatic rings. The summed E-state index contributed by atoms with van der Waals surface area (Å²) in [5, 5.41) is 4.72. The smallest absolute Gasteiger partial charge is 0.234 e. The lowest BCUT2D eigenvalue weighted by Crippen LogP contribution is -2.14. The topological polar surface area (TPSA) is 57.0 Å². The van der Waals surface area contributed by atoms with Crippen molar-refractivity contribution >= 4 is 29.0 Å². The average Bonchev–Trinajstić information content (AvgIpc) is 2.81. The highest BCUT2D eigenvalue weighted by molar-refractivity contribution is 6.37. The van der Waals surface area contributed by atoms with Crippen LogP contribution in [0.3, 0.4) is 0 Å². The van der Waals surface area contributed by atoms with E-state index in [0.717, 1.165) is 6.42 Å². The number of ketones is 1. The number of carbonyl (C=O) groups excluding carboxylic acids is 1. The van der Waals surface area contributed by atoms with Crippen LogP contribution in [0.15, 0.2) is 18.5 Å². The Balaban J connectivity index is 2.49. The third kappa shape index (κ3) is 2.78. The number of pyridine rings is 1. The molecular formula is C13H13Cl2N3O2. The maximum atomic E-state index is 12.6. The first-order chi connectivity index (χ1) is 9.58. The number of hydrogen-bond donors (Lipinski definition) is 0. The lowest BCUT2D eigenvalue weighted by atomic mass is 10.2. The average molecular weight is 314 g/mol. The summed E-state index contributed by atoms with van der Waals surface area (Å²) in [5.41, 5.74) is 0.471. The van der Waals surface area contributed by atoms with Crippen molar-refractivity contribution < 1.29 is 9.53 Å². The summed E-state index contributed by atoms with van der Waals surface area (Å²) >= 11 is 11.8. The molecule has 0 radical (unpaired) electrons. The van der Waals surface area contributed by atoms with Gasteiger partial charge in [-0.1, -0.05) is 30.1 Å². The second kappa shape index (κ2) is 6.24. The van der Waals surface area contributed by atoms with E-state index in [1.807, 2.05) is 6.92 Å². The predicted molar refractivity (Wildman–Crippen MR) is 76.8 cm³/mol. The monoisotopic (exact) mass is 313 g/mol. The highest BCUT2D eigenvalue weighted by Gasteiger charge is 2.23. The molecule has 0 bridgehead atoms. The Morgan fingerprint density at radius 1 is 1.40 bits per heavy atom. The molecule has 0 aromatic carbocycles. The molecule has 0 fully saturated rings. The third-order valence-corrected chi connectivity index (χ3v) is 3.19. The van der Waals surface area contributed by atoms with Crippen LogP contribution in [-0.2, 0) is 6.54 Å². The molecule has 0 amide bonds. The van der Waals surface area contributed by atoms with Crippen molar-refractivity contribution in [3.8, 4) is 5.75 Å². The number of aryl methyl sites for hydroxylation is 1. The van der Waals surface area contributed by atoms with E-state index in [9.17, 15) is 4.79 Å². The van der Waals surface area contributed by atoms with Gasteiger partial charge in [-0.15, -0.1) is 0 Å². The van der Waals surface area contributed by atoms with Crippen molar-refractivity contribution in [1.29, 1.82) is 0 Å². The van der Waals surface area contributed by atoms with Gasteiger partial charge in [0.1, 0.15) is 5.69 Å². The van der Waals surface area contributed by atoms with Crippen LogP contribution in [0.1, 0.15) is 29.5 Å². The Morgan fingerprint density at radius 3 is 2.75 bits per heavy atom. The lowest BCUT2D eigenvalue weighted by Gasteiger charge is -2.08. The second-order valence-electron chi connectivity index (χ2n) is 4.10. The van der Waals surface area contributed by atoms with Gasteiger partial charge in [0, 0.05) is 12.7 Å². The largest absolute Gasteiger partial charge is 0.493 e. The van der Waals surface area contributed by atoms with Gasteiger partial charge in [-0.05, 0) is 12.5 Å². The van der Waals surface area contributed by atoms with Crippen LogP contribution in [-0.4, -0.2) is 27.7 Å². The zero-order valence-corrected chi connectivity index (χ0v) is 12.6. The summed E-state index contributed by atoms with van der Waals surface area (Å²) in [7, 11) is 1.49. The maximum absolute atomic E-state index is 12.6. The minimum atomic E-state index is -0.338. The maximum Gasteiger partial charge on any atom is 0.234 e. The van der Waals surface area contributed by atoms with Gasteiger partial charge in [0.05, 0.1) is 23.4 Å². The standard InChI is InChI=1S/C13H13Cl2N3O2/c1-3-4-18-12(10(20-2)7-17-18)13(19)11-9(15)5-8(14)6-16-11/h5-7H,3-4H2,1-2H3. The molecule has 106 valence electrons. The van der Waals surface area contributed by atoms with E-state index < -0.39 is 0 Å². The number of ether oxygens (including phenoxy) is 1. The van der Waals surface area contributed by atoms with Gasteiger partial charge < -0.3 is 4.74 Å². The number of methoxy groups -OCH3 is 1. The Hall–Kier alpha value is -1.59. The minimum absolute atomic E-state index is 0.132. The third-order valence-electron chi connectivity index (χ3n) is 2.70. The first-order valence-electron chi connectivity index (χ1n) is 6.04. The van der Waals surface area contributed by atoms with Crippen LogP contribution in [0.2, 0.25) is 10.0 Å². The highest BCUT2D eigenvalue weighted by Crippen LogP contribution is 2.25. The molecule has 5 nitrogen and oxygen atoms in total. The molecule has 0 N–H and O–H groups in total. The normalized spacial score (nSPS) is 10.6. The lowest BCUT2D eigenvalue weighted by molar-refractivity contribution is 0.102. The minimum Gasteiger partial charge on any atom is -0.493 e. The molecule has 2 aromatic heterocycles. The van der Waals surface area contributed by atoms with Gasteiger partial charge in [-0.3, -0.25) is 9.48 Å². The summed E-state index contributed by atoms with van der Waals surface area (Å²) in [5.74, 6) is 0.0609. The predicted octanol–water partition coefficient (Wildman–Crippen LogP) is 3.23. The number of nitrogens with zero attached hydrogens (tertiary/aromatic N) is 3. The molecule has 7 heteroatoms. The van der Waals surface area contributed by atoms with Crippen LogP contribution in [0.4, 0.5) is 0 Å². The van der Waals surface area contributed by atoms with Crippen molar-refractivity contribution in [2.24, 2.45) is 0 Å². The first kappa shape index (κ1) is 14.8. The van der Waals surface area contributed by atoms with E-state index in [4.69, 9.17) is 27.9 Å². The SMILES string of the molecule is CCCn1ncc(OC)c1C(=O)c1ncc(Cl)cc1Cl. The van der Waals surface area contributed by atoms with Gasteiger partial charge in [0.25, 0.3) is 0 Å². The Kier molecular flexibility index (Phi) is 4.62. The Labute approximate surface area is 126 Å². The van der Waals surface area contributed by atoms with E-state index in [0.29, 0.717) is 23.0 Å². The summed E-state index contributed by atoms with van der Waals surface area (Å²) < 4.78 is 6.77. The molecule has 2 aromatic rings. The van der Waals surface area contributed by atoms with Crippen LogP contribution in [0, 0.1) is 0 Å². The van der Waals surface area contributed by atoms with E-state index in [2.05, 4.69) is 10.1 Å². The van der Waals surface area contributed by atoms with Gasteiger partial charge in [-0.2, -0.15) is 5.10 Å². The first-order valence-corrected chi connectivity index (χ1v) is 6.79. The van der Waals surface area contributed by atoms with Crippen LogP contribution in [0.5, 0.6) is 5.75 Å². The molecule has 0 saturated heterocycles. The fourth-order valence-corrected chi connectivity index (χ4v) is 2.29. The quantitative estimate of drug-likeness (QED) is 0.795. The fourth-order valence-electron chi connectivity index (χ4n) is 1.82. The second-order valence-corrected chi connectivity index (χ2v) is 4.94. The molecular weight excluding hydrogens is 301 g/mol. The number of carbonyl (C=O) groups is 1. The molecule has 0 spiro atoms. The molecule has 2 heterocycles. The molecule has 0 saturated carbocycles. The number of hydrogen-bond acceptors (Lipinski definition) is 4. The number of halogens is 2. The Bertz CT molecular complexity index is 641. The summed E-state index contributed by atoms with van der Waals surface area (Å²) in [6, 6.07) is 1.48. The van der Waals surface area contributed by atoms with Gasteiger partial charge in [-0.25, -0.2) is 4.98 Å². The molecule has 0 atom stereocenters. The van der Waals surface area contributed by atoms with Crippen molar-refractivity contribution in [2.75, 3.05) is 7.11 Å². The summed E-state index contributed by atoms with van der Waals surface area (Å²) in [6.07, 6.45) is 3.73. The number of aromatic nitrogens is 3. The Morgan fingerprint density at radius 2 is 2.15 bits per heavy atom. The van der Waals surface area contributed by atoms with Gasteiger partial charge in [0.2, 0.25) is 5.78 Å². The van der Waals surface area contributed by atoms with Gasteiger partial charge >= 0.3 is 0 Å². The van der Waals surface area contributed by atoms with Crippen LogP contribution in [0.25, 0.3) is 0 Å². The summed E-state index contributed by atoms with van der Waals surface area (Å²) in [6.45, 7) is 2.60. The molecule has 20 heavy (non-hydrogen) atoms. The van der Waals surface area contributed by atoms with E-state index in [1.54, 1.807) is 4.68 Å². The fraction of sp³-hybridized carbons (Fsp3) is 0.308. The zero-order valence-electron chi connectivity index (χ0n) is 11.1. The highest BCUT2D eigenvalue weighted by atomic mass is 35.5. The van der Waals surface area contributed by atoms with E-state index in [1.165, 1.54) is 25.6 Å². The van der Waals surface area contributed by atoms with Crippen molar-refractivity contribution in [3.63, 3.8) is 0 Å². The van der Waals surface area contributed by atoms with Crippen LogP contribution < -0.4 is 4.74 Å². The van der Waals surface area contributed by atoms with Gasteiger partial charge in [0.15, 0.2) is 11.4 Å². The number of rotatable bonds is 5. The van der Waals surface area contributed by atoms with Crippen molar-refractivity contribution in [3.05, 3.63) is 39.9 Å². The van der Waals surface area contributed by atoms with Crippen molar-refractivity contribution in [1.82, 2.24) is 14.8 Å². The van der Waals surface area contributed by atoms with Crippen LogP contribution >= 0.6 is 23.2 Å².